The van der Waals surface area contributed by atoms with Gasteiger partial charge in [-0.1, -0.05) is 28.4 Å². The third-order valence-electron chi connectivity index (χ3n) is 4.49. The second-order valence-corrected chi connectivity index (χ2v) is 11.2. The van der Waals surface area contributed by atoms with Gasteiger partial charge in [-0.2, -0.15) is 26.3 Å². The number of nitrogens with zero attached hydrogens (tertiary/aromatic N) is 1. The summed E-state index contributed by atoms with van der Waals surface area (Å²) in [4.78, 5) is 16.4. The van der Waals surface area contributed by atoms with Crippen molar-refractivity contribution in [3.8, 4) is 0 Å². The molecule has 2 heterocycles. The molecule has 1 aromatic carbocycles. The molecule has 0 radical (unpaired) electrons. The highest BCUT2D eigenvalue weighted by atomic mass is 35.5. The number of rotatable bonds is 6. The third-order valence-corrected chi connectivity index (χ3v) is 8.26. The van der Waals surface area contributed by atoms with Crippen LogP contribution in [0.5, 0.6) is 0 Å². The van der Waals surface area contributed by atoms with E-state index in [9.17, 15) is 39.6 Å². The number of benzene rings is 1. The van der Waals surface area contributed by atoms with Crippen LogP contribution in [-0.2, 0) is 25.1 Å². The molecule has 1 aliphatic rings. The average molecular weight is 569 g/mol. The highest BCUT2D eigenvalue weighted by molar-refractivity contribution is 7.94. The summed E-state index contributed by atoms with van der Waals surface area (Å²) in [5.74, 6) is -2.66. The van der Waals surface area contributed by atoms with Crippen molar-refractivity contribution < 1.29 is 44.4 Å². The smallest absolute Gasteiger partial charge is 0.374 e. The molecule has 1 aliphatic heterocycles. The molecule has 0 bridgehead atoms. The minimum Gasteiger partial charge on any atom is -0.374 e. The van der Waals surface area contributed by atoms with Gasteiger partial charge in [0.05, 0.1) is 11.3 Å². The SMILES string of the molecule is O=C(CS(=O)(=O)c1ccc(C2=NOC(c3cc(Cl)cc(Cl)c3)(C(F)(F)F)C2)s1)NCC(F)(F)F. The maximum Gasteiger partial charge on any atom is 0.435 e. The number of alkyl halides is 6. The van der Waals surface area contributed by atoms with Gasteiger partial charge >= 0.3 is 12.4 Å². The number of sulfone groups is 1. The van der Waals surface area contributed by atoms with Crippen LogP contribution in [0.1, 0.15) is 16.9 Å². The molecule has 0 fully saturated rings. The minimum absolute atomic E-state index is 0.00600. The van der Waals surface area contributed by atoms with E-state index in [1.165, 1.54) is 11.4 Å². The Hall–Kier alpha value is -2.03. The van der Waals surface area contributed by atoms with E-state index in [2.05, 4.69) is 5.16 Å². The van der Waals surface area contributed by atoms with Gasteiger partial charge in [0, 0.05) is 15.6 Å². The zero-order valence-corrected chi connectivity index (χ0v) is 19.6. The van der Waals surface area contributed by atoms with Crippen molar-refractivity contribution in [3.05, 3.63) is 50.8 Å². The van der Waals surface area contributed by atoms with Crippen LogP contribution in [-0.4, -0.2) is 44.7 Å². The topological polar surface area (TPSA) is 84.8 Å². The molecule has 0 saturated carbocycles. The molecule has 186 valence electrons. The molecule has 1 N–H and O–H groups in total. The van der Waals surface area contributed by atoms with Gasteiger partial charge in [-0.05, 0) is 30.3 Å². The van der Waals surface area contributed by atoms with E-state index in [0.717, 1.165) is 24.3 Å². The Balaban J connectivity index is 1.82. The van der Waals surface area contributed by atoms with Gasteiger partial charge in [-0.3, -0.25) is 4.79 Å². The largest absolute Gasteiger partial charge is 0.435 e. The Kier molecular flexibility index (Phi) is 7.19. The number of hydrogen-bond acceptors (Lipinski definition) is 6. The average Bonchev–Trinajstić information content (AvgIpc) is 3.32. The van der Waals surface area contributed by atoms with Gasteiger partial charge in [-0.25, -0.2) is 8.42 Å². The number of oxime groups is 1. The Morgan fingerprint density at radius 2 is 1.74 bits per heavy atom. The fraction of sp³-hybridized carbons (Fsp3) is 0.333. The second kappa shape index (κ2) is 9.21. The molecule has 1 aromatic heterocycles. The molecule has 34 heavy (non-hydrogen) atoms. The molecular formula is C18H12Cl2F6N2O4S2. The van der Waals surface area contributed by atoms with Gasteiger partial charge in [0.25, 0.3) is 5.60 Å². The molecule has 1 amide bonds. The fourth-order valence-electron chi connectivity index (χ4n) is 2.96. The zero-order valence-electron chi connectivity index (χ0n) is 16.4. The van der Waals surface area contributed by atoms with Crippen LogP contribution >= 0.6 is 34.5 Å². The van der Waals surface area contributed by atoms with E-state index in [-0.39, 0.29) is 20.6 Å². The molecular weight excluding hydrogens is 557 g/mol. The summed E-state index contributed by atoms with van der Waals surface area (Å²) in [6.07, 6.45) is -10.5. The van der Waals surface area contributed by atoms with Gasteiger partial charge in [0.1, 0.15) is 22.2 Å². The number of amides is 1. The first-order chi connectivity index (χ1) is 15.5. The number of nitrogens with one attached hydrogen (secondary N) is 1. The number of carbonyl (C=O) groups is 1. The molecule has 2 aromatic rings. The van der Waals surface area contributed by atoms with E-state index in [0.29, 0.717) is 11.3 Å². The highest BCUT2D eigenvalue weighted by Crippen LogP contribution is 2.50. The van der Waals surface area contributed by atoms with E-state index in [1.54, 1.807) is 0 Å². The first kappa shape index (κ1) is 26.6. The maximum absolute atomic E-state index is 14.0. The van der Waals surface area contributed by atoms with Crippen LogP contribution in [0.2, 0.25) is 10.0 Å². The monoisotopic (exact) mass is 568 g/mol. The molecule has 6 nitrogen and oxygen atoms in total. The lowest BCUT2D eigenvalue weighted by atomic mass is 9.88. The standard InChI is InChI=1S/C18H12Cl2F6N2O4S2/c19-10-3-9(4-11(20)5-10)16(18(24,25)26)6-12(28-32-16)13-1-2-15(33-13)34(30,31)7-14(29)27-8-17(21,22)23/h1-5H,6-8H2,(H,27,29). The van der Waals surface area contributed by atoms with Crippen LogP contribution < -0.4 is 5.32 Å². The van der Waals surface area contributed by atoms with Gasteiger partial charge in [0.15, 0.2) is 9.84 Å². The van der Waals surface area contributed by atoms with E-state index in [4.69, 9.17) is 28.0 Å². The summed E-state index contributed by atoms with van der Waals surface area (Å²) in [7, 11) is -4.37. The molecule has 3 rings (SSSR count). The summed E-state index contributed by atoms with van der Waals surface area (Å²) in [5, 5.41) is 4.79. The van der Waals surface area contributed by atoms with Crippen LogP contribution in [0.25, 0.3) is 0 Å². The Labute approximate surface area is 202 Å². The number of thiophene rings is 1. The minimum atomic E-state index is -4.96. The number of halogens is 8. The molecule has 0 saturated heterocycles. The molecule has 1 unspecified atom stereocenters. The molecule has 0 aliphatic carbocycles. The first-order valence-corrected chi connectivity index (χ1v) is 12.2. The highest BCUT2D eigenvalue weighted by Gasteiger charge is 2.62. The fourth-order valence-corrected chi connectivity index (χ4v) is 6.02. The lowest BCUT2D eigenvalue weighted by Gasteiger charge is -2.29. The van der Waals surface area contributed by atoms with Gasteiger partial charge in [0.2, 0.25) is 5.91 Å². The summed E-state index contributed by atoms with van der Waals surface area (Å²) in [6, 6.07) is 5.44. The second-order valence-electron chi connectivity index (χ2n) is 7.06. The Bertz CT molecular complexity index is 1220. The van der Waals surface area contributed by atoms with Crippen LogP contribution in [0.4, 0.5) is 26.3 Å². The van der Waals surface area contributed by atoms with E-state index in [1.807, 2.05) is 0 Å². The molecule has 16 heteroatoms. The van der Waals surface area contributed by atoms with Crippen molar-refractivity contribution in [1.29, 1.82) is 0 Å². The van der Waals surface area contributed by atoms with Crippen LogP contribution in [0.3, 0.4) is 0 Å². The van der Waals surface area contributed by atoms with Crippen molar-refractivity contribution in [3.63, 3.8) is 0 Å². The lowest BCUT2D eigenvalue weighted by Crippen LogP contribution is -2.42. The zero-order chi connectivity index (χ0) is 25.5. The Morgan fingerprint density at radius 3 is 2.29 bits per heavy atom. The summed E-state index contributed by atoms with van der Waals surface area (Å²) in [5.41, 5.74) is -3.58. The van der Waals surface area contributed by atoms with E-state index < -0.39 is 62.2 Å². The normalized spacial score (nSPS) is 19.0. The van der Waals surface area contributed by atoms with Crippen molar-refractivity contribution in [1.82, 2.24) is 5.32 Å². The van der Waals surface area contributed by atoms with Crippen molar-refractivity contribution in [2.45, 2.75) is 28.6 Å². The predicted molar refractivity (Wildman–Crippen MR) is 112 cm³/mol. The van der Waals surface area contributed by atoms with Gasteiger partial charge < -0.3 is 10.2 Å². The quantitative estimate of drug-likeness (QED) is 0.492. The summed E-state index contributed by atoms with van der Waals surface area (Å²) >= 11 is 12.2. The van der Waals surface area contributed by atoms with Crippen molar-refractivity contribution >= 4 is 56.0 Å². The van der Waals surface area contributed by atoms with E-state index >= 15 is 0 Å². The first-order valence-electron chi connectivity index (χ1n) is 8.97. The van der Waals surface area contributed by atoms with Crippen LogP contribution in [0, 0.1) is 0 Å². The maximum atomic E-state index is 14.0. The third kappa shape index (κ3) is 5.78. The van der Waals surface area contributed by atoms with Crippen molar-refractivity contribution in [2.75, 3.05) is 12.3 Å². The number of carbonyl (C=O) groups excluding carboxylic acids is 1. The molecule has 1 atom stereocenters. The summed E-state index contributed by atoms with van der Waals surface area (Å²) < 4.78 is 103. The van der Waals surface area contributed by atoms with Crippen LogP contribution in [0.15, 0.2) is 39.7 Å². The van der Waals surface area contributed by atoms with Crippen molar-refractivity contribution in [2.24, 2.45) is 5.16 Å². The summed E-state index contributed by atoms with van der Waals surface area (Å²) in [6.45, 7) is -1.71. The molecule has 0 spiro atoms. The predicted octanol–water partition coefficient (Wildman–Crippen LogP) is 5.09. The Morgan fingerprint density at radius 1 is 1.12 bits per heavy atom. The number of hydrogen-bond donors (Lipinski definition) is 1. The lowest BCUT2D eigenvalue weighted by molar-refractivity contribution is -0.275. The van der Waals surface area contributed by atoms with Gasteiger partial charge in [-0.15, -0.1) is 11.3 Å².